The molecule has 0 atom stereocenters. The van der Waals surface area contributed by atoms with E-state index in [0.29, 0.717) is 24.9 Å². The summed E-state index contributed by atoms with van der Waals surface area (Å²) in [5, 5.41) is 8.26. The second-order valence-electron chi connectivity index (χ2n) is 6.39. The Morgan fingerprint density at radius 1 is 1.12 bits per heavy atom. The van der Waals surface area contributed by atoms with E-state index in [0.717, 1.165) is 29.5 Å². The molecule has 3 heterocycles. The molecule has 4 rings (SSSR count). The number of carbonyl (C=O) groups is 1. The first-order valence-corrected chi connectivity index (χ1v) is 8.42. The van der Waals surface area contributed by atoms with Crippen LogP contribution in [-0.2, 0) is 0 Å². The maximum Gasteiger partial charge on any atom is 0.253 e. The van der Waals surface area contributed by atoms with Crippen molar-refractivity contribution in [2.24, 2.45) is 0 Å². The molecule has 1 aliphatic rings. The summed E-state index contributed by atoms with van der Waals surface area (Å²) < 4.78 is 10.8. The molecule has 0 spiro atoms. The van der Waals surface area contributed by atoms with E-state index < -0.39 is 0 Å². The van der Waals surface area contributed by atoms with Gasteiger partial charge in [-0.1, -0.05) is 17.7 Å². The molecular weight excluding hydrogens is 318 g/mol. The number of carbonyl (C=O) groups excluding carboxylic acids is 1. The van der Waals surface area contributed by atoms with Crippen LogP contribution in [0.3, 0.4) is 0 Å². The maximum absolute atomic E-state index is 12.6. The molecule has 0 aliphatic carbocycles. The predicted molar refractivity (Wildman–Crippen MR) is 91.1 cm³/mol. The SMILES string of the molecule is Cc1ccc(C(=O)N2CCC(c3nnc(-c4ccoc4)o3)CC2)cc1. The number of aromatic nitrogens is 2. The molecule has 0 N–H and O–H groups in total. The monoisotopic (exact) mass is 337 g/mol. The molecule has 0 bridgehead atoms. The molecule has 1 aromatic carbocycles. The lowest BCUT2D eigenvalue weighted by atomic mass is 9.96. The van der Waals surface area contributed by atoms with E-state index in [9.17, 15) is 4.79 Å². The quantitative estimate of drug-likeness (QED) is 0.729. The van der Waals surface area contributed by atoms with E-state index in [-0.39, 0.29) is 11.8 Å². The number of amides is 1. The number of hydrogen-bond donors (Lipinski definition) is 0. The van der Waals surface area contributed by atoms with E-state index in [4.69, 9.17) is 8.83 Å². The Kier molecular flexibility index (Phi) is 4.09. The van der Waals surface area contributed by atoms with Crippen LogP contribution in [0.15, 0.2) is 51.7 Å². The van der Waals surface area contributed by atoms with Crippen LogP contribution in [0.25, 0.3) is 11.5 Å². The van der Waals surface area contributed by atoms with Crippen molar-refractivity contribution in [3.8, 4) is 11.5 Å². The number of piperidine rings is 1. The van der Waals surface area contributed by atoms with E-state index in [1.54, 1.807) is 18.6 Å². The number of likely N-dealkylation sites (tertiary alicyclic amines) is 1. The third-order valence-corrected chi connectivity index (χ3v) is 4.64. The summed E-state index contributed by atoms with van der Waals surface area (Å²) in [5.74, 6) is 1.39. The fourth-order valence-corrected chi connectivity index (χ4v) is 3.11. The molecule has 1 aliphatic heterocycles. The van der Waals surface area contributed by atoms with Crippen LogP contribution in [0.4, 0.5) is 0 Å². The van der Waals surface area contributed by atoms with Gasteiger partial charge in [-0.2, -0.15) is 0 Å². The highest BCUT2D eigenvalue weighted by Gasteiger charge is 2.28. The standard InChI is InChI=1S/C19H19N3O3/c1-13-2-4-15(5-3-13)19(23)22-9-6-14(7-10-22)17-20-21-18(25-17)16-8-11-24-12-16/h2-5,8,11-12,14H,6-7,9-10H2,1H3. The molecule has 1 fully saturated rings. The number of nitrogens with zero attached hydrogens (tertiary/aromatic N) is 3. The number of aryl methyl sites for hydroxylation is 1. The number of hydrogen-bond acceptors (Lipinski definition) is 5. The van der Waals surface area contributed by atoms with Gasteiger partial charge in [0.05, 0.1) is 11.8 Å². The van der Waals surface area contributed by atoms with Crippen molar-refractivity contribution in [1.29, 1.82) is 0 Å². The van der Waals surface area contributed by atoms with Crippen molar-refractivity contribution in [2.45, 2.75) is 25.7 Å². The molecule has 1 amide bonds. The smallest absolute Gasteiger partial charge is 0.253 e. The van der Waals surface area contributed by atoms with Gasteiger partial charge < -0.3 is 13.7 Å². The molecule has 25 heavy (non-hydrogen) atoms. The average molecular weight is 337 g/mol. The van der Waals surface area contributed by atoms with Gasteiger partial charge in [0.25, 0.3) is 11.8 Å². The van der Waals surface area contributed by atoms with Crippen molar-refractivity contribution in [1.82, 2.24) is 15.1 Å². The van der Waals surface area contributed by atoms with Crippen LogP contribution < -0.4 is 0 Å². The lowest BCUT2D eigenvalue weighted by molar-refractivity contribution is 0.0706. The van der Waals surface area contributed by atoms with Crippen molar-refractivity contribution in [3.63, 3.8) is 0 Å². The summed E-state index contributed by atoms with van der Waals surface area (Å²) in [6, 6.07) is 9.50. The second-order valence-corrected chi connectivity index (χ2v) is 6.39. The van der Waals surface area contributed by atoms with Crippen LogP contribution >= 0.6 is 0 Å². The minimum absolute atomic E-state index is 0.0862. The fourth-order valence-electron chi connectivity index (χ4n) is 3.11. The van der Waals surface area contributed by atoms with E-state index in [2.05, 4.69) is 10.2 Å². The zero-order valence-corrected chi connectivity index (χ0v) is 14.0. The van der Waals surface area contributed by atoms with Crippen LogP contribution in [0.1, 0.15) is 40.6 Å². The Balaban J connectivity index is 1.40. The summed E-state index contributed by atoms with van der Waals surface area (Å²) in [5.41, 5.74) is 2.68. The Hall–Kier alpha value is -2.89. The highest BCUT2D eigenvalue weighted by Crippen LogP contribution is 2.30. The lowest BCUT2D eigenvalue weighted by Gasteiger charge is -2.30. The molecule has 0 radical (unpaired) electrons. The van der Waals surface area contributed by atoms with Gasteiger partial charge in [-0.25, -0.2) is 0 Å². The minimum Gasteiger partial charge on any atom is -0.472 e. The molecule has 2 aromatic heterocycles. The summed E-state index contributed by atoms with van der Waals surface area (Å²) in [4.78, 5) is 14.5. The van der Waals surface area contributed by atoms with Crippen molar-refractivity contribution in [3.05, 3.63) is 59.9 Å². The Bertz CT molecular complexity index is 844. The zero-order valence-electron chi connectivity index (χ0n) is 14.0. The van der Waals surface area contributed by atoms with Gasteiger partial charge >= 0.3 is 0 Å². The van der Waals surface area contributed by atoms with Crippen molar-refractivity contribution >= 4 is 5.91 Å². The second kappa shape index (κ2) is 6.55. The Morgan fingerprint density at radius 3 is 2.56 bits per heavy atom. The fraction of sp³-hybridized carbons (Fsp3) is 0.316. The third kappa shape index (κ3) is 3.20. The Morgan fingerprint density at radius 2 is 1.88 bits per heavy atom. The lowest BCUT2D eigenvalue weighted by Crippen LogP contribution is -2.38. The Labute approximate surface area is 145 Å². The van der Waals surface area contributed by atoms with Gasteiger partial charge in [-0.3, -0.25) is 4.79 Å². The normalized spacial score (nSPS) is 15.5. The summed E-state index contributed by atoms with van der Waals surface area (Å²) in [6.07, 6.45) is 4.81. The summed E-state index contributed by atoms with van der Waals surface area (Å²) in [6.45, 7) is 3.41. The highest BCUT2D eigenvalue weighted by molar-refractivity contribution is 5.94. The van der Waals surface area contributed by atoms with Gasteiger partial charge in [0, 0.05) is 24.6 Å². The number of rotatable bonds is 3. The van der Waals surface area contributed by atoms with Crippen molar-refractivity contribution < 1.29 is 13.6 Å². The number of furan rings is 1. The molecular formula is C19H19N3O3. The zero-order chi connectivity index (χ0) is 17.2. The average Bonchev–Trinajstić information content (AvgIpc) is 3.33. The van der Waals surface area contributed by atoms with Gasteiger partial charge in [-0.15, -0.1) is 10.2 Å². The molecule has 0 unspecified atom stereocenters. The third-order valence-electron chi connectivity index (χ3n) is 4.64. The van der Waals surface area contributed by atoms with Gasteiger partial charge in [0.15, 0.2) is 0 Å². The predicted octanol–water partition coefficient (Wildman–Crippen LogP) is 3.66. The highest BCUT2D eigenvalue weighted by atomic mass is 16.4. The van der Waals surface area contributed by atoms with E-state index >= 15 is 0 Å². The first-order chi connectivity index (χ1) is 12.2. The maximum atomic E-state index is 12.6. The molecule has 6 nitrogen and oxygen atoms in total. The molecule has 0 saturated carbocycles. The summed E-state index contributed by atoms with van der Waals surface area (Å²) >= 11 is 0. The van der Waals surface area contributed by atoms with E-state index in [1.807, 2.05) is 36.1 Å². The molecule has 128 valence electrons. The minimum atomic E-state index is 0.0862. The molecule has 3 aromatic rings. The van der Waals surface area contributed by atoms with Crippen LogP contribution in [0, 0.1) is 6.92 Å². The molecule has 1 saturated heterocycles. The van der Waals surface area contributed by atoms with E-state index in [1.165, 1.54) is 0 Å². The van der Waals surface area contributed by atoms with Gasteiger partial charge in [0.1, 0.15) is 6.26 Å². The topological polar surface area (TPSA) is 72.4 Å². The van der Waals surface area contributed by atoms with Crippen molar-refractivity contribution in [2.75, 3.05) is 13.1 Å². The first-order valence-electron chi connectivity index (χ1n) is 8.42. The van der Waals surface area contributed by atoms with Gasteiger partial charge in [-0.05, 0) is 38.0 Å². The first kappa shape index (κ1) is 15.6. The number of benzene rings is 1. The molecule has 6 heteroatoms. The van der Waals surface area contributed by atoms with Crippen LogP contribution in [0.2, 0.25) is 0 Å². The van der Waals surface area contributed by atoms with Crippen LogP contribution in [-0.4, -0.2) is 34.1 Å². The van der Waals surface area contributed by atoms with Gasteiger partial charge in [0.2, 0.25) is 5.89 Å². The largest absolute Gasteiger partial charge is 0.472 e. The summed E-state index contributed by atoms with van der Waals surface area (Å²) in [7, 11) is 0. The van der Waals surface area contributed by atoms with Crippen LogP contribution in [0.5, 0.6) is 0 Å².